The van der Waals surface area contributed by atoms with Crippen LogP contribution in [0.2, 0.25) is 0 Å². The Hall–Kier alpha value is -3.25. The number of alkyl halides is 3. The van der Waals surface area contributed by atoms with E-state index < -0.39 is 33.3 Å². The van der Waals surface area contributed by atoms with Gasteiger partial charge in [-0.2, -0.15) is 21.6 Å². The molecule has 0 spiro atoms. The van der Waals surface area contributed by atoms with E-state index in [0.717, 1.165) is 37.4 Å². The van der Waals surface area contributed by atoms with E-state index in [9.17, 15) is 26.0 Å². The molecule has 1 fully saturated rings. The number of rotatable bonds is 5. The number of benzene rings is 1. The summed E-state index contributed by atoms with van der Waals surface area (Å²) in [4.78, 5) is 10.1. The monoisotopic (exact) mass is 495 g/mol. The minimum atomic E-state index is -4.78. The van der Waals surface area contributed by atoms with Gasteiger partial charge in [0.25, 0.3) is 10.0 Å². The predicted octanol–water partition coefficient (Wildman–Crippen LogP) is 3.82. The van der Waals surface area contributed by atoms with Crippen LogP contribution < -0.4 is 14.9 Å². The summed E-state index contributed by atoms with van der Waals surface area (Å²) in [5, 5.41) is 2.89. The molecule has 34 heavy (non-hydrogen) atoms. The first-order valence-electron chi connectivity index (χ1n) is 10.3. The van der Waals surface area contributed by atoms with Gasteiger partial charge in [-0.05, 0) is 48.9 Å². The van der Waals surface area contributed by atoms with Crippen LogP contribution in [0.1, 0.15) is 11.1 Å². The van der Waals surface area contributed by atoms with E-state index in [1.54, 1.807) is 12.1 Å². The first-order chi connectivity index (χ1) is 16.0. The third-order valence-electron chi connectivity index (χ3n) is 5.32. The molecule has 12 heteroatoms. The summed E-state index contributed by atoms with van der Waals surface area (Å²) in [5.41, 5.74) is -1.42. The van der Waals surface area contributed by atoms with Gasteiger partial charge in [-0.15, -0.1) is 0 Å². The SMILES string of the molecule is Cc1ccc(F)cc1-c1nc(NS(=O)(=O)c2cccc(N3CCNCC3)n2)ccc1C(F)(F)F. The number of pyridine rings is 2. The number of aryl methyl sites for hydroxylation is 1. The van der Waals surface area contributed by atoms with Crippen LogP contribution in [0.3, 0.4) is 0 Å². The Morgan fingerprint density at radius 1 is 1.03 bits per heavy atom. The van der Waals surface area contributed by atoms with Crippen molar-refractivity contribution in [3.63, 3.8) is 0 Å². The van der Waals surface area contributed by atoms with Gasteiger partial charge in [-0.25, -0.2) is 14.4 Å². The lowest BCUT2D eigenvalue weighted by Gasteiger charge is -2.28. The molecule has 0 saturated carbocycles. The van der Waals surface area contributed by atoms with Gasteiger partial charge in [0.15, 0.2) is 5.03 Å². The number of nitrogens with one attached hydrogen (secondary N) is 2. The van der Waals surface area contributed by atoms with E-state index in [-0.39, 0.29) is 16.4 Å². The van der Waals surface area contributed by atoms with Gasteiger partial charge in [0.05, 0.1) is 11.3 Å². The van der Waals surface area contributed by atoms with Gasteiger partial charge < -0.3 is 10.2 Å². The van der Waals surface area contributed by atoms with Crippen molar-refractivity contribution in [3.05, 3.63) is 65.5 Å². The number of anilines is 2. The van der Waals surface area contributed by atoms with Crippen LogP contribution in [-0.2, 0) is 16.2 Å². The summed E-state index contributed by atoms with van der Waals surface area (Å²) >= 11 is 0. The van der Waals surface area contributed by atoms with Crippen LogP contribution >= 0.6 is 0 Å². The van der Waals surface area contributed by atoms with Gasteiger partial charge in [-0.3, -0.25) is 4.72 Å². The van der Waals surface area contributed by atoms with Crippen molar-refractivity contribution in [1.82, 2.24) is 15.3 Å². The smallest absolute Gasteiger partial charge is 0.354 e. The number of halogens is 4. The maximum atomic E-state index is 13.8. The minimum Gasteiger partial charge on any atom is -0.354 e. The number of hydrogen-bond donors (Lipinski definition) is 2. The molecular formula is C22H21F4N5O2S. The molecule has 0 radical (unpaired) electrons. The number of nitrogens with zero attached hydrogens (tertiary/aromatic N) is 3. The molecule has 180 valence electrons. The predicted molar refractivity (Wildman–Crippen MR) is 119 cm³/mol. The summed E-state index contributed by atoms with van der Waals surface area (Å²) < 4.78 is 82.8. The lowest BCUT2D eigenvalue weighted by atomic mass is 10.0. The summed E-state index contributed by atoms with van der Waals surface area (Å²) in [6.07, 6.45) is -4.78. The van der Waals surface area contributed by atoms with Crippen LogP contribution in [0.25, 0.3) is 11.3 Å². The molecule has 4 rings (SSSR count). The third kappa shape index (κ3) is 5.12. The molecule has 1 aliphatic rings. The molecule has 3 heterocycles. The molecular weight excluding hydrogens is 474 g/mol. The molecule has 0 unspecified atom stereocenters. The highest BCUT2D eigenvalue weighted by atomic mass is 32.2. The largest absolute Gasteiger partial charge is 0.418 e. The quantitative estimate of drug-likeness (QED) is 0.524. The van der Waals surface area contributed by atoms with Crippen LogP contribution in [0, 0.1) is 12.7 Å². The average molecular weight is 496 g/mol. The second-order valence-corrected chi connectivity index (χ2v) is 9.36. The lowest BCUT2D eigenvalue weighted by Crippen LogP contribution is -2.44. The van der Waals surface area contributed by atoms with E-state index in [0.29, 0.717) is 24.5 Å². The number of hydrogen-bond acceptors (Lipinski definition) is 6. The maximum Gasteiger partial charge on any atom is 0.418 e. The minimum absolute atomic E-state index is 0.0906. The molecule has 2 aromatic heterocycles. The zero-order valence-electron chi connectivity index (χ0n) is 18.0. The van der Waals surface area contributed by atoms with Crippen molar-refractivity contribution < 1.29 is 26.0 Å². The van der Waals surface area contributed by atoms with Gasteiger partial charge in [0.2, 0.25) is 0 Å². The average Bonchev–Trinajstić information content (AvgIpc) is 2.80. The van der Waals surface area contributed by atoms with Crippen molar-refractivity contribution >= 4 is 21.7 Å². The zero-order valence-corrected chi connectivity index (χ0v) is 18.8. The second-order valence-electron chi connectivity index (χ2n) is 7.73. The third-order valence-corrected chi connectivity index (χ3v) is 6.58. The first-order valence-corrected chi connectivity index (χ1v) is 11.8. The van der Waals surface area contributed by atoms with E-state index in [4.69, 9.17) is 0 Å². The Bertz CT molecular complexity index is 1310. The topological polar surface area (TPSA) is 87.2 Å². The Labute approximate surface area is 193 Å². The summed E-state index contributed by atoms with van der Waals surface area (Å²) in [6, 6.07) is 9.53. The Balaban J connectivity index is 1.71. The van der Waals surface area contributed by atoms with Crippen molar-refractivity contribution in [2.24, 2.45) is 0 Å². The lowest BCUT2D eigenvalue weighted by molar-refractivity contribution is -0.137. The van der Waals surface area contributed by atoms with Crippen LogP contribution in [0.4, 0.5) is 29.2 Å². The number of sulfonamides is 1. The highest BCUT2D eigenvalue weighted by Crippen LogP contribution is 2.38. The molecule has 1 saturated heterocycles. The molecule has 3 aromatic rings. The molecule has 1 aliphatic heterocycles. The van der Waals surface area contributed by atoms with Crippen molar-refractivity contribution in [2.45, 2.75) is 18.1 Å². The van der Waals surface area contributed by atoms with Crippen molar-refractivity contribution in [2.75, 3.05) is 35.8 Å². The molecule has 0 bridgehead atoms. The van der Waals surface area contributed by atoms with Crippen LogP contribution in [0.5, 0.6) is 0 Å². The van der Waals surface area contributed by atoms with Crippen LogP contribution in [0.15, 0.2) is 53.6 Å². The summed E-state index contributed by atoms with van der Waals surface area (Å²) in [6.45, 7) is 4.28. The fourth-order valence-corrected chi connectivity index (χ4v) is 4.58. The summed E-state index contributed by atoms with van der Waals surface area (Å²) in [7, 11) is -4.26. The highest BCUT2D eigenvalue weighted by Gasteiger charge is 2.35. The Morgan fingerprint density at radius 2 is 1.76 bits per heavy atom. The first kappa shape index (κ1) is 23.9. The van der Waals surface area contributed by atoms with Crippen molar-refractivity contribution in [1.29, 1.82) is 0 Å². The van der Waals surface area contributed by atoms with Gasteiger partial charge in [-0.1, -0.05) is 12.1 Å². The van der Waals surface area contributed by atoms with Gasteiger partial charge >= 0.3 is 6.18 Å². The molecule has 7 nitrogen and oxygen atoms in total. The number of piperazine rings is 1. The fourth-order valence-electron chi connectivity index (χ4n) is 3.61. The number of aromatic nitrogens is 2. The Morgan fingerprint density at radius 3 is 2.47 bits per heavy atom. The van der Waals surface area contributed by atoms with E-state index in [1.807, 2.05) is 4.90 Å². The molecule has 0 aliphatic carbocycles. The van der Waals surface area contributed by atoms with E-state index in [1.165, 1.54) is 19.1 Å². The molecule has 0 amide bonds. The standard InChI is InChI=1S/C22H21F4N5O2S/c1-14-5-6-15(23)13-16(14)21-17(22(24,25)26)7-8-18(28-21)30-34(32,33)20-4-2-3-19(29-20)31-11-9-27-10-12-31/h2-8,13,27H,9-12H2,1H3,(H,28,30). The second kappa shape index (κ2) is 9.18. The summed E-state index contributed by atoms with van der Waals surface area (Å²) in [5.74, 6) is -0.614. The zero-order chi connectivity index (χ0) is 24.5. The van der Waals surface area contributed by atoms with Crippen molar-refractivity contribution in [3.8, 4) is 11.3 Å². The van der Waals surface area contributed by atoms with Gasteiger partial charge in [0, 0.05) is 31.7 Å². The fraction of sp³-hybridized carbons (Fsp3) is 0.273. The van der Waals surface area contributed by atoms with E-state index in [2.05, 4.69) is 20.0 Å². The Kier molecular flexibility index (Phi) is 6.45. The molecule has 0 atom stereocenters. The normalized spacial score (nSPS) is 14.8. The molecule has 2 N–H and O–H groups in total. The maximum absolute atomic E-state index is 13.8. The highest BCUT2D eigenvalue weighted by molar-refractivity contribution is 7.92. The van der Waals surface area contributed by atoms with Crippen LogP contribution in [-0.4, -0.2) is 44.6 Å². The van der Waals surface area contributed by atoms with Gasteiger partial charge in [0.1, 0.15) is 17.5 Å². The van der Waals surface area contributed by atoms with E-state index >= 15 is 0 Å². The molecule has 1 aromatic carbocycles.